The van der Waals surface area contributed by atoms with Crippen molar-refractivity contribution in [3.8, 4) is 0 Å². The number of hydrogen-bond donors (Lipinski definition) is 0. The molecule has 0 radical (unpaired) electrons. The Morgan fingerprint density at radius 2 is 1.10 bits per heavy atom. The molecule has 0 aromatic heterocycles. The third kappa shape index (κ3) is 1.49. The van der Waals surface area contributed by atoms with Crippen LogP contribution in [0.3, 0.4) is 0 Å². The molecule has 0 amide bonds. The van der Waals surface area contributed by atoms with Crippen LogP contribution >= 0.6 is 31.9 Å². The van der Waals surface area contributed by atoms with E-state index in [0.29, 0.717) is 11.1 Å². The molecule has 2 atom stereocenters. The summed E-state index contributed by atoms with van der Waals surface area (Å²) in [5.41, 5.74) is 3.08. The maximum absolute atomic E-state index is 12.6. The zero-order valence-corrected chi connectivity index (χ0v) is 13.4. The zero-order chi connectivity index (χ0) is 14.0. The highest BCUT2D eigenvalue weighted by Crippen LogP contribution is 2.52. The van der Waals surface area contributed by atoms with Gasteiger partial charge >= 0.3 is 0 Å². The average molecular weight is 392 g/mol. The molecule has 2 unspecified atom stereocenters. The van der Waals surface area contributed by atoms with Crippen LogP contribution in [0.1, 0.15) is 43.7 Å². The van der Waals surface area contributed by atoms with Crippen LogP contribution < -0.4 is 0 Å². The molecule has 0 spiro atoms. The number of Topliss-reactive ketones (excluding diaryl/α,β-unsaturated/α-hetero) is 2. The van der Waals surface area contributed by atoms with E-state index in [1.165, 1.54) is 0 Å². The predicted molar refractivity (Wildman–Crippen MR) is 82.4 cm³/mol. The fourth-order valence-electron chi connectivity index (χ4n) is 3.31. The van der Waals surface area contributed by atoms with Gasteiger partial charge in [0.1, 0.15) is 0 Å². The number of benzene rings is 2. The molecule has 0 bridgehead atoms. The standard InChI is InChI=1S/C16H8Br2O2/c17-7-1-3-9-11(5-7)15(19)14-10-4-2-8(18)6-12(10)16(20)13(9)14/h1-6,13-14H. The summed E-state index contributed by atoms with van der Waals surface area (Å²) in [4.78, 5) is 25.3. The molecular formula is C16H8Br2O2. The second-order valence-electron chi connectivity index (χ2n) is 5.15. The Labute approximate surface area is 132 Å². The second-order valence-corrected chi connectivity index (χ2v) is 6.98. The van der Waals surface area contributed by atoms with Crippen molar-refractivity contribution in [3.63, 3.8) is 0 Å². The summed E-state index contributed by atoms with van der Waals surface area (Å²) < 4.78 is 1.74. The van der Waals surface area contributed by atoms with Crippen LogP contribution in [0.2, 0.25) is 0 Å². The number of halogens is 2. The van der Waals surface area contributed by atoms with Gasteiger partial charge in [0.2, 0.25) is 0 Å². The lowest BCUT2D eigenvalue weighted by atomic mass is 9.92. The van der Waals surface area contributed by atoms with Crippen LogP contribution in [0.15, 0.2) is 45.3 Å². The summed E-state index contributed by atoms with van der Waals surface area (Å²) in [5, 5.41) is 0. The third-order valence-corrected chi connectivity index (χ3v) is 5.12. The maximum atomic E-state index is 12.6. The number of hydrogen-bond acceptors (Lipinski definition) is 2. The maximum Gasteiger partial charge on any atom is 0.171 e. The molecule has 4 rings (SSSR count). The Kier molecular flexibility index (Phi) is 2.57. The third-order valence-electron chi connectivity index (χ3n) is 4.13. The summed E-state index contributed by atoms with van der Waals surface area (Å²) in [5.74, 6) is -0.564. The van der Waals surface area contributed by atoms with Crippen LogP contribution in [0.5, 0.6) is 0 Å². The molecule has 2 aromatic rings. The van der Waals surface area contributed by atoms with Gasteiger partial charge in [-0.25, -0.2) is 0 Å². The van der Waals surface area contributed by atoms with Gasteiger partial charge in [-0.15, -0.1) is 0 Å². The first-order chi connectivity index (χ1) is 9.58. The Hall–Kier alpha value is -1.26. The van der Waals surface area contributed by atoms with Crippen molar-refractivity contribution in [1.82, 2.24) is 0 Å². The van der Waals surface area contributed by atoms with Crippen molar-refractivity contribution in [1.29, 1.82) is 0 Å². The number of carbonyl (C=O) groups is 2. The monoisotopic (exact) mass is 390 g/mol. The van der Waals surface area contributed by atoms with Crippen LogP contribution in [0, 0.1) is 0 Å². The zero-order valence-electron chi connectivity index (χ0n) is 10.2. The lowest BCUT2D eigenvalue weighted by Crippen LogP contribution is -2.09. The normalized spacial score (nSPS) is 22.7. The highest BCUT2D eigenvalue weighted by Gasteiger charge is 2.50. The van der Waals surface area contributed by atoms with Gasteiger partial charge in [0.15, 0.2) is 11.6 Å². The van der Waals surface area contributed by atoms with Crippen molar-refractivity contribution in [2.75, 3.05) is 0 Å². The minimum absolute atomic E-state index is 0.0562. The fourth-order valence-corrected chi connectivity index (χ4v) is 4.03. The largest absolute Gasteiger partial charge is 0.293 e. The Morgan fingerprint density at radius 1 is 0.700 bits per heavy atom. The van der Waals surface area contributed by atoms with E-state index in [-0.39, 0.29) is 23.4 Å². The lowest BCUT2D eigenvalue weighted by Gasteiger charge is -2.07. The van der Waals surface area contributed by atoms with Gasteiger partial charge in [0.05, 0.1) is 11.8 Å². The smallest absolute Gasteiger partial charge is 0.171 e. The minimum Gasteiger partial charge on any atom is -0.293 e. The SMILES string of the molecule is O=C1c2cc(Br)ccc2C2C(=O)c3cc(Br)ccc3C12. The molecule has 0 heterocycles. The van der Waals surface area contributed by atoms with E-state index in [4.69, 9.17) is 0 Å². The van der Waals surface area contributed by atoms with E-state index in [2.05, 4.69) is 31.9 Å². The van der Waals surface area contributed by atoms with Gasteiger partial charge in [-0.05, 0) is 35.4 Å². The average Bonchev–Trinajstić information content (AvgIpc) is 2.86. The van der Waals surface area contributed by atoms with E-state index < -0.39 is 0 Å². The molecule has 0 fully saturated rings. The molecule has 0 saturated heterocycles. The van der Waals surface area contributed by atoms with Crippen LogP contribution in [0.25, 0.3) is 0 Å². The molecule has 0 aliphatic heterocycles. The van der Waals surface area contributed by atoms with E-state index in [9.17, 15) is 9.59 Å². The summed E-state index contributed by atoms with van der Waals surface area (Å²) >= 11 is 6.77. The molecule has 4 heteroatoms. The lowest BCUT2D eigenvalue weighted by molar-refractivity contribution is 0.0913. The molecule has 2 aromatic carbocycles. The first-order valence-corrected chi connectivity index (χ1v) is 7.84. The molecule has 0 N–H and O–H groups in total. The van der Waals surface area contributed by atoms with Crippen LogP contribution in [-0.4, -0.2) is 11.6 Å². The Morgan fingerprint density at radius 3 is 1.50 bits per heavy atom. The number of rotatable bonds is 0. The second kappa shape index (κ2) is 4.12. The molecule has 2 aliphatic carbocycles. The minimum atomic E-state index is -0.338. The quantitative estimate of drug-likeness (QED) is 0.663. The highest BCUT2D eigenvalue weighted by atomic mass is 79.9. The van der Waals surface area contributed by atoms with E-state index in [1.807, 2.05) is 36.4 Å². The van der Waals surface area contributed by atoms with Crippen LogP contribution in [0.4, 0.5) is 0 Å². The molecular weight excluding hydrogens is 384 g/mol. The number of fused-ring (bicyclic) bond motifs is 5. The van der Waals surface area contributed by atoms with E-state index >= 15 is 0 Å². The summed E-state index contributed by atoms with van der Waals surface area (Å²) in [6.07, 6.45) is 0. The first-order valence-electron chi connectivity index (χ1n) is 6.25. The van der Waals surface area contributed by atoms with Gasteiger partial charge < -0.3 is 0 Å². The molecule has 2 nitrogen and oxygen atoms in total. The summed E-state index contributed by atoms with van der Waals surface area (Å²) in [6.45, 7) is 0. The van der Waals surface area contributed by atoms with Gasteiger partial charge in [0, 0.05) is 20.1 Å². The van der Waals surface area contributed by atoms with Crippen LogP contribution in [-0.2, 0) is 0 Å². The number of carbonyl (C=O) groups excluding carboxylic acids is 2. The first kappa shape index (κ1) is 12.5. The highest BCUT2D eigenvalue weighted by molar-refractivity contribution is 9.10. The topological polar surface area (TPSA) is 34.1 Å². The number of ketones is 2. The van der Waals surface area contributed by atoms with Crippen molar-refractivity contribution in [3.05, 3.63) is 67.6 Å². The van der Waals surface area contributed by atoms with Gasteiger partial charge in [-0.2, -0.15) is 0 Å². The van der Waals surface area contributed by atoms with Crippen molar-refractivity contribution in [2.45, 2.75) is 11.8 Å². The molecule has 0 saturated carbocycles. The van der Waals surface area contributed by atoms with Crippen molar-refractivity contribution >= 4 is 43.4 Å². The summed E-state index contributed by atoms with van der Waals surface area (Å²) in [7, 11) is 0. The Bertz CT molecular complexity index is 728. The van der Waals surface area contributed by atoms with E-state index in [0.717, 1.165) is 20.1 Å². The Balaban J connectivity index is 1.97. The van der Waals surface area contributed by atoms with E-state index in [1.54, 1.807) is 0 Å². The summed E-state index contributed by atoms with van der Waals surface area (Å²) in [6, 6.07) is 11.2. The molecule has 98 valence electrons. The van der Waals surface area contributed by atoms with Gasteiger partial charge in [-0.1, -0.05) is 44.0 Å². The molecule has 20 heavy (non-hydrogen) atoms. The van der Waals surface area contributed by atoms with Gasteiger partial charge in [-0.3, -0.25) is 9.59 Å². The fraction of sp³-hybridized carbons (Fsp3) is 0.125. The van der Waals surface area contributed by atoms with Crippen molar-refractivity contribution < 1.29 is 9.59 Å². The predicted octanol–water partition coefficient (Wildman–Crippen LogP) is 4.47. The molecule has 2 aliphatic rings. The van der Waals surface area contributed by atoms with Gasteiger partial charge in [0.25, 0.3) is 0 Å². The van der Waals surface area contributed by atoms with Crippen molar-refractivity contribution in [2.24, 2.45) is 0 Å².